The van der Waals surface area contributed by atoms with Crippen molar-refractivity contribution in [2.24, 2.45) is 21.1 Å². The fourth-order valence-electron chi connectivity index (χ4n) is 5.42. The lowest BCUT2D eigenvalue weighted by atomic mass is 9.84. The number of anilines is 1. The largest absolute Gasteiger partial charge is 0.356 e. The van der Waals surface area contributed by atoms with E-state index >= 15 is 0 Å². The second kappa shape index (κ2) is 6.48. The second-order valence-electron chi connectivity index (χ2n) is 8.90. The summed E-state index contributed by atoms with van der Waals surface area (Å²) >= 11 is 0. The first-order chi connectivity index (χ1) is 15.8. The fourth-order valence-corrected chi connectivity index (χ4v) is 5.42. The third-order valence-electron chi connectivity index (χ3n) is 7.06. The molecule has 2 amide bonds. The molecule has 0 radical (unpaired) electrons. The zero-order chi connectivity index (χ0) is 23.2. The summed E-state index contributed by atoms with van der Waals surface area (Å²) in [7, 11) is 5.50. The second-order valence-corrected chi connectivity index (χ2v) is 8.90. The number of aromatic nitrogens is 3. The molecule has 166 valence electrons. The highest BCUT2D eigenvalue weighted by Gasteiger charge is 2.41. The number of nitrogens with one attached hydrogen (secondary N) is 1. The first kappa shape index (κ1) is 19.6. The highest BCUT2D eigenvalue weighted by atomic mass is 16.2. The van der Waals surface area contributed by atoms with Crippen molar-refractivity contribution in [3.8, 4) is 0 Å². The highest BCUT2D eigenvalue weighted by Crippen LogP contribution is 2.46. The van der Waals surface area contributed by atoms with Crippen LogP contribution in [0.4, 0.5) is 5.69 Å². The zero-order valence-electron chi connectivity index (χ0n) is 18.8. The van der Waals surface area contributed by atoms with E-state index in [0.717, 1.165) is 44.4 Å². The minimum Gasteiger partial charge on any atom is -0.356 e. The first-order valence-corrected chi connectivity index (χ1v) is 10.8. The Kier molecular flexibility index (Phi) is 3.85. The van der Waals surface area contributed by atoms with Gasteiger partial charge in [0.1, 0.15) is 0 Å². The molecule has 2 aliphatic rings. The number of hydrogen-bond acceptors (Lipinski definition) is 4. The van der Waals surface area contributed by atoms with Crippen molar-refractivity contribution in [1.29, 1.82) is 0 Å². The number of carbonyl (C=O) groups excluding carboxylic acids is 2. The number of aryl methyl sites for hydroxylation is 3. The van der Waals surface area contributed by atoms with Gasteiger partial charge in [0, 0.05) is 57.0 Å². The molecule has 6 rings (SSSR count). The van der Waals surface area contributed by atoms with Crippen LogP contribution in [-0.2, 0) is 30.7 Å². The Morgan fingerprint density at radius 3 is 2.52 bits per heavy atom. The molecule has 4 heterocycles. The van der Waals surface area contributed by atoms with Crippen LogP contribution in [0, 0.1) is 0 Å². The van der Waals surface area contributed by atoms with Crippen LogP contribution < -0.4 is 11.0 Å². The van der Waals surface area contributed by atoms with E-state index in [2.05, 4.69) is 22.1 Å². The van der Waals surface area contributed by atoms with Crippen molar-refractivity contribution in [2.75, 3.05) is 11.9 Å². The van der Waals surface area contributed by atoms with Gasteiger partial charge in [0.15, 0.2) is 0 Å². The van der Waals surface area contributed by atoms with Crippen LogP contribution in [0.1, 0.15) is 24.0 Å². The molecular weight excluding hydrogens is 418 g/mol. The number of carbonyl (C=O) groups is 2. The predicted molar refractivity (Wildman–Crippen MR) is 126 cm³/mol. The lowest BCUT2D eigenvalue weighted by Gasteiger charge is -2.19. The molecule has 0 spiro atoms. The fraction of sp³-hybridized carbons (Fsp3) is 0.240. The van der Waals surface area contributed by atoms with E-state index in [0.29, 0.717) is 5.57 Å². The number of imidazole rings is 1. The summed E-state index contributed by atoms with van der Waals surface area (Å²) in [5, 5.41) is 4.53. The van der Waals surface area contributed by atoms with Crippen LogP contribution in [0.3, 0.4) is 0 Å². The smallest absolute Gasteiger partial charge is 0.328 e. The molecule has 0 fully saturated rings. The van der Waals surface area contributed by atoms with E-state index < -0.39 is 0 Å². The van der Waals surface area contributed by atoms with E-state index in [9.17, 15) is 14.4 Å². The monoisotopic (exact) mass is 441 g/mol. The summed E-state index contributed by atoms with van der Waals surface area (Å²) in [4.78, 5) is 39.6. The van der Waals surface area contributed by atoms with Crippen molar-refractivity contribution in [3.05, 3.63) is 75.5 Å². The van der Waals surface area contributed by atoms with Gasteiger partial charge in [-0.1, -0.05) is 12.1 Å². The molecule has 2 aromatic heterocycles. The number of hydrogen-bond donors (Lipinski definition) is 1. The van der Waals surface area contributed by atoms with E-state index in [4.69, 9.17) is 0 Å². The van der Waals surface area contributed by atoms with Crippen molar-refractivity contribution in [1.82, 2.24) is 18.6 Å². The van der Waals surface area contributed by atoms with E-state index in [-0.39, 0.29) is 30.0 Å². The van der Waals surface area contributed by atoms with Gasteiger partial charge in [-0.25, -0.2) is 4.79 Å². The molecule has 33 heavy (non-hydrogen) atoms. The van der Waals surface area contributed by atoms with Crippen LogP contribution in [0.2, 0.25) is 0 Å². The predicted octanol–water partition coefficient (Wildman–Crippen LogP) is 2.57. The number of imide groups is 1. The Morgan fingerprint density at radius 2 is 1.76 bits per heavy atom. The van der Waals surface area contributed by atoms with Crippen molar-refractivity contribution in [3.63, 3.8) is 0 Å². The molecule has 0 aliphatic carbocycles. The zero-order valence-corrected chi connectivity index (χ0v) is 18.8. The average molecular weight is 441 g/mol. The molecule has 8 nitrogen and oxygen atoms in total. The van der Waals surface area contributed by atoms with Crippen LogP contribution in [0.15, 0.2) is 58.7 Å². The Bertz CT molecular complexity index is 1630. The quantitative estimate of drug-likeness (QED) is 0.492. The number of rotatable bonds is 1. The average Bonchev–Trinajstić information content (AvgIpc) is 3.33. The standard InChI is InChI=1S/C25H23N5O3/c1-13(31)30-12-17-23(24(30)32)21(14-8-9-18-20(10-14)29(4)25(33)28(18)3)15-11-27(2)19-7-5-6-16(26-17)22(15)19/h5-11,21,26H,12H2,1-4H3/t21-/m0/s1. The lowest BCUT2D eigenvalue weighted by molar-refractivity contribution is -0.139. The van der Waals surface area contributed by atoms with Gasteiger partial charge in [-0.15, -0.1) is 0 Å². The summed E-state index contributed by atoms with van der Waals surface area (Å²) in [6.07, 6.45) is 2.06. The van der Waals surface area contributed by atoms with Crippen molar-refractivity contribution in [2.45, 2.75) is 12.8 Å². The Morgan fingerprint density at radius 1 is 1.00 bits per heavy atom. The maximum Gasteiger partial charge on any atom is 0.328 e. The van der Waals surface area contributed by atoms with Crippen molar-refractivity contribution < 1.29 is 9.59 Å². The van der Waals surface area contributed by atoms with Gasteiger partial charge >= 0.3 is 5.69 Å². The highest BCUT2D eigenvalue weighted by molar-refractivity contribution is 6.11. The number of nitrogens with zero attached hydrogens (tertiary/aromatic N) is 4. The minimum atomic E-state index is -0.378. The van der Waals surface area contributed by atoms with Gasteiger partial charge in [-0.2, -0.15) is 0 Å². The Balaban J connectivity index is 1.68. The molecule has 8 heteroatoms. The van der Waals surface area contributed by atoms with Crippen LogP contribution in [-0.4, -0.2) is 37.0 Å². The van der Waals surface area contributed by atoms with Crippen LogP contribution in [0.5, 0.6) is 0 Å². The number of fused-ring (bicyclic) bond motifs is 1. The maximum absolute atomic E-state index is 13.5. The van der Waals surface area contributed by atoms with E-state index in [1.54, 1.807) is 23.2 Å². The Labute approximate surface area is 189 Å². The maximum atomic E-state index is 13.5. The van der Waals surface area contributed by atoms with Gasteiger partial charge in [0.2, 0.25) is 5.91 Å². The topological polar surface area (TPSA) is 81.3 Å². The van der Waals surface area contributed by atoms with Gasteiger partial charge in [-0.05, 0) is 35.4 Å². The number of benzene rings is 2. The lowest BCUT2D eigenvalue weighted by Crippen LogP contribution is -2.33. The van der Waals surface area contributed by atoms with Crippen LogP contribution in [0.25, 0.3) is 21.9 Å². The molecule has 0 unspecified atom stereocenters. The molecular formula is C25H23N5O3. The molecule has 1 atom stereocenters. The third kappa shape index (κ3) is 2.49. The Hall–Kier alpha value is -4.07. The van der Waals surface area contributed by atoms with Crippen LogP contribution >= 0.6 is 0 Å². The van der Waals surface area contributed by atoms with Gasteiger partial charge in [0.25, 0.3) is 5.91 Å². The molecule has 2 aromatic carbocycles. The molecule has 4 aromatic rings. The summed E-state index contributed by atoms with van der Waals surface area (Å²) in [5.74, 6) is -0.931. The van der Waals surface area contributed by atoms with Crippen molar-refractivity contribution >= 4 is 39.4 Å². The summed E-state index contributed by atoms with van der Waals surface area (Å²) in [5.41, 5.74) is 6.73. The summed E-state index contributed by atoms with van der Waals surface area (Å²) in [6, 6.07) is 11.9. The first-order valence-electron chi connectivity index (χ1n) is 10.8. The SMILES string of the molecule is CC(=O)N1CC2=C(C1=O)[C@@H](c1ccc3c(c1)n(C)c(=O)n3C)c1cn(C)c3cccc(c13)N2. The number of amides is 2. The van der Waals surface area contributed by atoms with Gasteiger partial charge in [0.05, 0.1) is 28.7 Å². The van der Waals surface area contributed by atoms with Gasteiger partial charge in [-0.3, -0.25) is 23.6 Å². The molecule has 1 N–H and O–H groups in total. The molecule has 0 saturated carbocycles. The van der Waals surface area contributed by atoms with Gasteiger partial charge < -0.3 is 9.88 Å². The van der Waals surface area contributed by atoms with E-state index in [1.165, 1.54) is 11.8 Å². The van der Waals surface area contributed by atoms with E-state index in [1.807, 2.05) is 37.4 Å². The summed E-state index contributed by atoms with van der Waals surface area (Å²) in [6.45, 7) is 1.64. The minimum absolute atomic E-state index is 0.100. The third-order valence-corrected chi connectivity index (χ3v) is 7.06. The molecule has 0 saturated heterocycles. The normalized spacial score (nSPS) is 17.6. The molecule has 2 aliphatic heterocycles. The molecule has 0 bridgehead atoms. The summed E-state index contributed by atoms with van der Waals surface area (Å²) < 4.78 is 5.30.